The van der Waals surface area contributed by atoms with E-state index in [-0.39, 0.29) is 52.0 Å². The lowest BCUT2D eigenvalue weighted by atomic mass is 9.78. The average molecular weight is 1280 g/mol. The van der Waals surface area contributed by atoms with E-state index >= 15 is 0 Å². The van der Waals surface area contributed by atoms with Crippen LogP contribution < -0.4 is 9.64 Å². The fraction of sp³-hybridized carbons (Fsp3) is 0.405. The smallest absolute Gasteiger partial charge is 0.210 e. The number of rotatable bonds is 19. The van der Waals surface area contributed by atoms with Crippen molar-refractivity contribution in [1.29, 1.82) is 0 Å². The van der Waals surface area contributed by atoms with Crippen molar-refractivity contribution in [2.75, 3.05) is 19.0 Å². The Bertz CT molecular complexity index is 4110. The van der Waals surface area contributed by atoms with E-state index in [9.17, 15) is 28.3 Å². The molecule has 5 aliphatic rings. The quantitative estimate of drug-likeness (QED) is 0.0518. The first-order valence-corrected chi connectivity index (χ1v) is 34.8. The van der Waals surface area contributed by atoms with Crippen LogP contribution in [0.2, 0.25) is 0 Å². The van der Waals surface area contributed by atoms with Crippen LogP contribution in [0.1, 0.15) is 165 Å². The maximum atomic E-state index is 11.1. The van der Waals surface area contributed by atoms with E-state index in [0.717, 1.165) is 66.6 Å². The zero-order valence-corrected chi connectivity index (χ0v) is 56.2. The van der Waals surface area contributed by atoms with Crippen molar-refractivity contribution in [3.63, 3.8) is 0 Å². The summed E-state index contributed by atoms with van der Waals surface area (Å²) in [4.78, 5) is 2.18. The van der Waals surface area contributed by atoms with Crippen LogP contribution in [0.4, 0.5) is 11.4 Å². The van der Waals surface area contributed by atoms with Crippen molar-refractivity contribution in [3.05, 3.63) is 220 Å². The predicted molar refractivity (Wildman–Crippen MR) is 368 cm³/mol. The largest absolute Gasteiger partial charge is 0.744 e. The number of hydrogen-bond acceptors (Lipinski definition) is 12. The number of phenolic OH excluding ortho intramolecular Hbond substituents is 1. The van der Waals surface area contributed by atoms with Gasteiger partial charge in [-0.15, -0.1) is 0 Å². The van der Waals surface area contributed by atoms with E-state index in [0.29, 0.717) is 56.3 Å². The molecule has 490 valence electrons. The number of phenols is 1. The first kappa shape index (κ1) is 67.2. The molecular weight excluding hydrogens is 1180 g/mol. The maximum absolute atomic E-state index is 11.1. The fourth-order valence-electron chi connectivity index (χ4n) is 14.6. The van der Waals surface area contributed by atoms with Gasteiger partial charge in [-0.25, -0.2) is 8.42 Å². The van der Waals surface area contributed by atoms with Crippen LogP contribution in [0.5, 0.6) is 11.5 Å². The van der Waals surface area contributed by atoms with E-state index in [1.165, 1.54) is 67.6 Å². The number of allylic oxidation sites excluding steroid dienone is 7. The van der Waals surface area contributed by atoms with Crippen molar-refractivity contribution in [2.45, 2.75) is 197 Å². The number of ether oxygens (including phenoxy) is 5. The molecule has 0 bridgehead atoms. The number of nitrogens with zero attached hydrogens (tertiary/aromatic N) is 2. The SMILES string of the molecule is CCC(O)CCCC1CC(CCC2CC(CC(O)CC)OC(c3ccccc3OC3=C(/C=C/C4=[N+](C)c5ccc6ccccc6c5C4(C)C)CCC/C3=C\C=C3\N(C)c4ccc5ccccc5c4C3(C)C)O2)OC(c2ccccc2O)O1.Cc1ccc(S(=O)(=O)[O-])cc1. The lowest BCUT2D eigenvalue weighted by Gasteiger charge is -2.39. The standard InChI is InChI=1S/C72H84N2O8.C7H8O3S/c1-9-50(75)25-20-26-52-44-53(79-69(78-52)58-29-15-17-31-62(58)77)37-38-54-45-55(43-51(76)10-2)81-70(80-54)59-30-16-18-32-63(59)82-68-48(35-41-64-71(3,4)66-56-27-13-11-21-46(56)33-39-60(66)73(64)7)23-19-24-49(68)36-42-65-72(5,6)67-57-28-14-12-22-47(57)34-40-61(67)74(65)8;1-6-2-4-7(5-3-6)11(8,9)10/h11-18,21-22,27-36,39-42,50-55,69-70,75-76H,9-10,19-20,23-26,37-38,43-45H2,1-8H3;2-5H,1H3,(H,8,9,10). The lowest BCUT2D eigenvalue weighted by Crippen LogP contribution is -2.38. The van der Waals surface area contributed by atoms with Gasteiger partial charge in [0.25, 0.3) is 0 Å². The molecule has 7 aromatic rings. The fourth-order valence-corrected chi connectivity index (χ4v) is 15.0. The summed E-state index contributed by atoms with van der Waals surface area (Å²) < 4.78 is 68.2. The minimum Gasteiger partial charge on any atom is -0.744 e. The second kappa shape index (κ2) is 28.8. The van der Waals surface area contributed by atoms with Gasteiger partial charge < -0.3 is 48.5 Å². The molecule has 14 heteroatoms. The highest BCUT2D eigenvalue weighted by Gasteiger charge is 2.45. The monoisotopic (exact) mass is 1280 g/mol. The van der Waals surface area contributed by atoms with Crippen molar-refractivity contribution < 1.29 is 56.5 Å². The summed E-state index contributed by atoms with van der Waals surface area (Å²) in [5.41, 5.74) is 11.7. The van der Waals surface area contributed by atoms with E-state index in [1.54, 1.807) is 24.3 Å². The molecule has 8 unspecified atom stereocenters. The molecule has 8 atom stereocenters. The first-order valence-electron chi connectivity index (χ1n) is 33.4. The summed E-state index contributed by atoms with van der Waals surface area (Å²) in [5.74, 6) is 1.65. The van der Waals surface area contributed by atoms with Gasteiger partial charge in [-0.2, -0.15) is 4.58 Å². The second-order valence-electron chi connectivity index (χ2n) is 26.9. The Morgan fingerprint density at radius 2 is 1.25 bits per heavy atom. The maximum Gasteiger partial charge on any atom is 0.210 e. The van der Waals surface area contributed by atoms with E-state index in [4.69, 9.17) is 23.7 Å². The van der Waals surface area contributed by atoms with Crippen molar-refractivity contribution >= 4 is 48.7 Å². The number of hydrogen-bond donors (Lipinski definition) is 3. The predicted octanol–water partition coefficient (Wildman–Crippen LogP) is 16.8. The van der Waals surface area contributed by atoms with Crippen molar-refractivity contribution in [3.8, 4) is 11.5 Å². The molecular formula is C79H92N2O11S. The van der Waals surface area contributed by atoms with Gasteiger partial charge in [0, 0.05) is 60.0 Å². The molecule has 0 saturated carbocycles. The molecule has 7 aromatic carbocycles. The molecule has 2 fully saturated rings. The zero-order chi connectivity index (χ0) is 65.8. The molecule has 0 aromatic heterocycles. The Morgan fingerprint density at radius 1 is 0.667 bits per heavy atom. The number of fused-ring (bicyclic) bond motifs is 6. The van der Waals surface area contributed by atoms with Gasteiger partial charge >= 0.3 is 0 Å². The van der Waals surface area contributed by atoms with E-state index < -0.39 is 28.8 Å². The summed E-state index contributed by atoms with van der Waals surface area (Å²) in [6, 6.07) is 47.6. The summed E-state index contributed by atoms with van der Waals surface area (Å²) >= 11 is 0. The third kappa shape index (κ3) is 14.8. The highest BCUT2D eigenvalue weighted by atomic mass is 32.2. The minimum absolute atomic E-state index is 0.0979. The molecule has 93 heavy (non-hydrogen) atoms. The number of anilines is 1. The lowest BCUT2D eigenvalue weighted by molar-refractivity contribution is -0.401. The molecule has 4 aliphatic heterocycles. The Labute approximate surface area is 550 Å². The number of aliphatic hydroxyl groups is 2. The van der Waals surface area contributed by atoms with Gasteiger partial charge in [-0.05, 0) is 178 Å². The van der Waals surface area contributed by atoms with E-state index in [2.05, 4.69) is 154 Å². The van der Waals surface area contributed by atoms with Crippen molar-refractivity contribution in [2.24, 2.45) is 0 Å². The molecule has 0 spiro atoms. The molecule has 1 aliphatic carbocycles. The van der Waals surface area contributed by atoms with Crippen LogP contribution >= 0.6 is 0 Å². The Hall–Kier alpha value is -7.24. The number of aliphatic hydroxyl groups excluding tert-OH is 2. The molecule has 0 radical (unpaired) electrons. The van der Waals surface area contributed by atoms with Gasteiger partial charge in [-0.1, -0.05) is 142 Å². The van der Waals surface area contributed by atoms with Crippen LogP contribution in [0.25, 0.3) is 21.5 Å². The third-order valence-electron chi connectivity index (χ3n) is 19.7. The first-order chi connectivity index (χ1) is 44.6. The van der Waals surface area contributed by atoms with Gasteiger partial charge in [-0.3, -0.25) is 0 Å². The number of benzene rings is 7. The average Bonchev–Trinajstić information content (AvgIpc) is 1.59. The molecule has 0 amide bonds. The van der Waals surface area contributed by atoms with Crippen molar-refractivity contribution in [1.82, 2.24) is 0 Å². The summed E-state index contributed by atoms with van der Waals surface area (Å²) in [6.45, 7) is 15.2. The second-order valence-corrected chi connectivity index (χ2v) is 28.3. The molecule has 3 N–H and O–H groups in total. The number of aryl methyl sites for hydroxylation is 1. The third-order valence-corrected chi connectivity index (χ3v) is 20.6. The summed E-state index contributed by atoms with van der Waals surface area (Å²) in [6.07, 6.45) is 15.7. The van der Waals surface area contributed by atoms with Crippen LogP contribution in [0.15, 0.2) is 197 Å². The van der Waals surface area contributed by atoms with Gasteiger partial charge in [0.2, 0.25) is 5.69 Å². The van der Waals surface area contributed by atoms with E-state index in [1.807, 2.05) is 51.1 Å². The van der Waals surface area contributed by atoms with Crippen LogP contribution in [-0.2, 0) is 39.9 Å². The van der Waals surface area contributed by atoms with Crippen LogP contribution in [0.3, 0.4) is 0 Å². The van der Waals surface area contributed by atoms with Crippen LogP contribution in [-0.4, -0.2) is 89.3 Å². The minimum atomic E-state index is -4.27. The number of para-hydroxylation sites is 2. The molecule has 2 saturated heterocycles. The normalized spacial score (nSPS) is 23.5. The Morgan fingerprint density at radius 3 is 1.91 bits per heavy atom. The summed E-state index contributed by atoms with van der Waals surface area (Å²) in [5, 5.41) is 37.5. The molecule has 4 heterocycles. The van der Waals surface area contributed by atoms with Crippen LogP contribution in [0, 0.1) is 6.92 Å². The van der Waals surface area contributed by atoms with Gasteiger partial charge in [0.1, 0.15) is 34.4 Å². The van der Waals surface area contributed by atoms with Gasteiger partial charge in [0.15, 0.2) is 18.3 Å². The highest BCUT2D eigenvalue weighted by molar-refractivity contribution is 7.85. The zero-order valence-electron chi connectivity index (χ0n) is 55.4. The summed E-state index contributed by atoms with van der Waals surface area (Å²) in [7, 11) is 0.112. The highest BCUT2D eigenvalue weighted by Crippen LogP contribution is 2.51. The number of likely N-dealkylation sites (N-methyl/N-ethyl adjacent to an activating group) is 1. The topological polar surface area (TPSA) is 170 Å². The molecule has 12 rings (SSSR count). The van der Waals surface area contributed by atoms with Gasteiger partial charge in [0.05, 0.1) is 52.5 Å². The molecule has 13 nitrogen and oxygen atoms in total. The Kier molecular flexibility index (Phi) is 20.8. The Balaban J connectivity index is 0.000000729. The number of aromatic hydroxyl groups is 1.